The maximum absolute atomic E-state index is 12.8. The summed E-state index contributed by atoms with van der Waals surface area (Å²) in [7, 11) is 0. The molecule has 190 valence electrons. The van der Waals surface area contributed by atoms with Crippen molar-refractivity contribution in [2.24, 2.45) is 5.92 Å². The van der Waals surface area contributed by atoms with E-state index in [4.69, 9.17) is 14.6 Å². The van der Waals surface area contributed by atoms with Gasteiger partial charge in [-0.3, -0.25) is 4.68 Å². The van der Waals surface area contributed by atoms with Gasteiger partial charge in [0.1, 0.15) is 11.2 Å². The zero-order valence-corrected chi connectivity index (χ0v) is 21.7. The highest BCUT2D eigenvalue weighted by atomic mass is 16.6. The van der Waals surface area contributed by atoms with Gasteiger partial charge in [0.15, 0.2) is 0 Å². The van der Waals surface area contributed by atoms with Gasteiger partial charge >= 0.3 is 12.2 Å². The van der Waals surface area contributed by atoms with Gasteiger partial charge in [0, 0.05) is 24.3 Å². The van der Waals surface area contributed by atoms with E-state index in [1.807, 2.05) is 18.2 Å². The van der Waals surface area contributed by atoms with Crippen molar-refractivity contribution in [1.82, 2.24) is 14.7 Å². The summed E-state index contributed by atoms with van der Waals surface area (Å²) in [5.74, 6) is 0.687. The Bertz CT molecular complexity index is 1010. The fourth-order valence-corrected chi connectivity index (χ4v) is 4.21. The number of carbonyl (C=O) groups excluding carboxylic acids is 2. The molecule has 2 aliphatic carbocycles. The maximum atomic E-state index is 12.8. The normalized spacial score (nSPS) is 20.1. The van der Waals surface area contributed by atoms with Crippen LogP contribution in [0.5, 0.6) is 0 Å². The molecule has 1 heterocycles. The molecule has 8 nitrogen and oxygen atoms in total. The summed E-state index contributed by atoms with van der Waals surface area (Å²) in [6.45, 7) is 11.0. The highest BCUT2D eigenvalue weighted by Gasteiger charge is 2.39. The lowest BCUT2D eigenvalue weighted by atomic mass is 9.80. The van der Waals surface area contributed by atoms with Gasteiger partial charge in [-0.1, -0.05) is 18.2 Å². The molecule has 0 atom stereocenters. The summed E-state index contributed by atoms with van der Waals surface area (Å²) in [6.07, 6.45) is 4.78. The molecule has 1 aromatic carbocycles. The summed E-state index contributed by atoms with van der Waals surface area (Å²) in [5.41, 5.74) is 1.84. The van der Waals surface area contributed by atoms with Crippen molar-refractivity contribution in [1.29, 1.82) is 0 Å². The van der Waals surface area contributed by atoms with E-state index in [0.717, 1.165) is 34.8 Å². The molecule has 2 aromatic rings. The molecule has 2 saturated carbocycles. The molecule has 4 rings (SSSR count). The molecule has 2 fully saturated rings. The first kappa shape index (κ1) is 25.1. The fraction of sp³-hybridized carbons (Fsp3) is 0.593. The molecule has 0 saturated heterocycles. The van der Waals surface area contributed by atoms with Crippen LogP contribution in [0.15, 0.2) is 36.5 Å². The van der Waals surface area contributed by atoms with Crippen LogP contribution in [-0.2, 0) is 9.47 Å². The lowest BCUT2D eigenvalue weighted by Gasteiger charge is -2.38. The Labute approximate surface area is 208 Å². The highest BCUT2D eigenvalue weighted by Crippen LogP contribution is 2.45. The first-order valence-corrected chi connectivity index (χ1v) is 12.5. The fourth-order valence-electron chi connectivity index (χ4n) is 4.21. The van der Waals surface area contributed by atoms with Crippen LogP contribution in [0.2, 0.25) is 0 Å². The Morgan fingerprint density at radius 2 is 1.57 bits per heavy atom. The third kappa shape index (κ3) is 6.77. The first-order chi connectivity index (χ1) is 16.4. The van der Waals surface area contributed by atoms with Crippen LogP contribution in [0.1, 0.15) is 84.9 Å². The lowest BCUT2D eigenvalue weighted by molar-refractivity contribution is -0.00641. The molecule has 1 aromatic heterocycles. The largest absolute Gasteiger partial charge is 0.443 e. The van der Waals surface area contributed by atoms with Crippen LogP contribution in [-0.4, -0.2) is 44.6 Å². The molecule has 0 aliphatic heterocycles. The van der Waals surface area contributed by atoms with E-state index in [9.17, 15) is 9.59 Å². The van der Waals surface area contributed by atoms with Crippen molar-refractivity contribution in [3.05, 3.63) is 42.2 Å². The Morgan fingerprint density at radius 3 is 2.09 bits per heavy atom. The van der Waals surface area contributed by atoms with Gasteiger partial charge in [-0.05, 0) is 85.3 Å². The van der Waals surface area contributed by atoms with Crippen LogP contribution in [0.3, 0.4) is 0 Å². The quantitative estimate of drug-likeness (QED) is 0.497. The number of hydrogen-bond donors (Lipinski definition) is 1. The van der Waals surface area contributed by atoms with Crippen molar-refractivity contribution >= 4 is 23.6 Å². The predicted molar refractivity (Wildman–Crippen MR) is 135 cm³/mol. The minimum atomic E-state index is -0.698. The van der Waals surface area contributed by atoms with E-state index in [2.05, 4.69) is 28.3 Å². The number of rotatable bonds is 6. The number of nitrogens with zero attached hydrogens (tertiary/aromatic N) is 3. The van der Waals surface area contributed by atoms with Gasteiger partial charge in [-0.25, -0.2) is 14.5 Å². The van der Waals surface area contributed by atoms with E-state index in [0.29, 0.717) is 5.92 Å². The average molecular weight is 483 g/mol. The van der Waals surface area contributed by atoms with Crippen LogP contribution in [0.4, 0.5) is 21.0 Å². The Morgan fingerprint density at radius 1 is 1.00 bits per heavy atom. The monoisotopic (exact) mass is 482 g/mol. The zero-order chi connectivity index (χ0) is 25.4. The second-order valence-electron chi connectivity index (χ2n) is 11.7. The zero-order valence-electron chi connectivity index (χ0n) is 21.7. The number of ether oxygens (including phenoxy) is 2. The second-order valence-corrected chi connectivity index (χ2v) is 11.7. The first-order valence-electron chi connectivity index (χ1n) is 12.5. The topological polar surface area (TPSA) is 85.7 Å². The molecule has 2 amide bonds. The summed E-state index contributed by atoms with van der Waals surface area (Å²) >= 11 is 0. The number of imide groups is 1. The van der Waals surface area contributed by atoms with Crippen LogP contribution in [0.25, 0.3) is 0 Å². The minimum Gasteiger partial charge on any atom is -0.443 e. The van der Waals surface area contributed by atoms with E-state index < -0.39 is 23.4 Å². The molecule has 8 heteroatoms. The van der Waals surface area contributed by atoms with Gasteiger partial charge in [0.05, 0.1) is 17.4 Å². The molecule has 2 aliphatic rings. The number of aromatic nitrogens is 2. The number of benzene rings is 1. The van der Waals surface area contributed by atoms with E-state index >= 15 is 0 Å². The van der Waals surface area contributed by atoms with Gasteiger partial charge in [-0.15, -0.1) is 0 Å². The third-order valence-electron chi connectivity index (χ3n) is 6.03. The number of para-hydroxylation sites is 1. The van der Waals surface area contributed by atoms with E-state index in [1.165, 1.54) is 12.8 Å². The SMILES string of the molecule is CC(C)(C)OC(=O)N(CC1CC(n2cc(Nc3ccccc3)c(C3CC3)n2)C1)C(=O)OC(C)(C)C. The smallest absolute Gasteiger partial charge is 0.419 e. The molecule has 0 unspecified atom stereocenters. The molecule has 0 spiro atoms. The minimum absolute atomic E-state index is 0.166. The van der Waals surface area contributed by atoms with Crippen molar-refractivity contribution in [2.75, 3.05) is 11.9 Å². The summed E-state index contributed by atoms with van der Waals surface area (Å²) in [5, 5.41) is 8.45. The number of anilines is 2. The summed E-state index contributed by atoms with van der Waals surface area (Å²) < 4.78 is 13.0. The maximum Gasteiger partial charge on any atom is 0.419 e. The molecule has 35 heavy (non-hydrogen) atoms. The third-order valence-corrected chi connectivity index (χ3v) is 6.03. The summed E-state index contributed by atoms with van der Waals surface area (Å²) in [4.78, 5) is 26.7. The van der Waals surface area contributed by atoms with Gasteiger partial charge < -0.3 is 14.8 Å². The molecule has 0 radical (unpaired) electrons. The van der Waals surface area contributed by atoms with Gasteiger partial charge in [0.2, 0.25) is 0 Å². The van der Waals surface area contributed by atoms with Crippen LogP contribution >= 0.6 is 0 Å². The second kappa shape index (κ2) is 9.55. The molecule has 1 N–H and O–H groups in total. The van der Waals surface area contributed by atoms with Crippen LogP contribution in [0, 0.1) is 5.92 Å². The van der Waals surface area contributed by atoms with Crippen molar-refractivity contribution in [3.63, 3.8) is 0 Å². The van der Waals surface area contributed by atoms with E-state index in [1.54, 1.807) is 41.5 Å². The number of nitrogens with one attached hydrogen (secondary N) is 1. The molecular weight excluding hydrogens is 444 g/mol. The summed E-state index contributed by atoms with van der Waals surface area (Å²) in [6, 6.07) is 10.4. The average Bonchev–Trinajstić information content (AvgIpc) is 3.46. The van der Waals surface area contributed by atoms with Crippen molar-refractivity contribution in [3.8, 4) is 0 Å². The number of carbonyl (C=O) groups is 2. The molecular formula is C27H38N4O4. The van der Waals surface area contributed by atoms with Crippen molar-refractivity contribution in [2.45, 2.75) is 90.4 Å². The molecule has 0 bridgehead atoms. The highest BCUT2D eigenvalue weighted by molar-refractivity contribution is 5.88. The Balaban J connectivity index is 1.41. The van der Waals surface area contributed by atoms with Gasteiger partial charge in [0.25, 0.3) is 0 Å². The number of hydrogen-bond acceptors (Lipinski definition) is 6. The number of amides is 2. The lowest BCUT2D eigenvalue weighted by Crippen LogP contribution is -2.47. The van der Waals surface area contributed by atoms with E-state index in [-0.39, 0.29) is 18.5 Å². The standard InChI is InChI=1S/C27H38N4O4/c1-26(2,3)34-24(32)30(25(33)35-27(4,5)6)16-18-14-21(15-18)31-17-22(23(29-31)19-12-13-19)28-20-10-8-7-9-11-20/h7-11,17-19,21,28H,12-16H2,1-6H3. The van der Waals surface area contributed by atoms with Crippen molar-refractivity contribution < 1.29 is 19.1 Å². The Hall–Kier alpha value is -3.03. The van der Waals surface area contributed by atoms with Crippen LogP contribution < -0.4 is 5.32 Å². The Kier molecular flexibility index (Phi) is 6.84. The van der Waals surface area contributed by atoms with Gasteiger partial charge in [-0.2, -0.15) is 5.10 Å². The predicted octanol–water partition coefficient (Wildman–Crippen LogP) is 6.63.